The molecule has 6 heteroatoms. The number of carboxylic acid groups (broad SMARTS) is 1. The molecule has 120 valence electrons. The molecule has 2 aromatic carbocycles. The van der Waals surface area contributed by atoms with E-state index < -0.39 is 5.97 Å². The van der Waals surface area contributed by atoms with Gasteiger partial charge in [0.15, 0.2) is 11.5 Å². The summed E-state index contributed by atoms with van der Waals surface area (Å²) in [4.78, 5) is 21.8. The molecule has 5 nitrogen and oxygen atoms in total. The van der Waals surface area contributed by atoms with Crippen molar-refractivity contribution in [2.24, 2.45) is 0 Å². The lowest BCUT2D eigenvalue weighted by molar-refractivity contribution is 0.0696. The highest BCUT2D eigenvalue weighted by molar-refractivity contribution is 9.10. The van der Waals surface area contributed by atoms with E-state index in [2.05, 4.69) is 15.9 Å². The van der Waals surface area contributed by atoms with E-state index in [9.17, 15) is 9.59 Å². The molecule has 0 unspecified atom stereocenters. The van der Waals surface area contributed by atoms with Gasteiger partial charge in [-0.1, -0.05) is 12.1 Å². The van der Waals surface area contributed by atoms with Crippen LogP contribution in [0.5, 0.6) is 11.5 Å². The van der Waals surface area contributed by atoms with Crippen LogP contribution in [0.2, 0.25) is 0 Å². The van der Waals surface area contributed by atoms with Crippen LogP contribution in [-0.2, 0) is 6.61 Å². The highest BCUT2D eigenvalue weighted by atomic mass is 79.9. The van der Waals surface area contributed by atoms with Gasteiger partial charge in [0.2, 0.25) is 0 Å². The molecule has 0 spiro atoms. The summed E-state index contributed by atoms with van der Waals surface area (Å²) in [6.07, 6.45) is 0.738. The Morgan fingerprint density at radius 1 is 1.22 bits per heavy atom. The van der Waals surface area contributed by atoms with E-state index in [0.717, 1.165) is 11.8 Å². The third-order valence-electron chi connectivity index (χ3n) is 3.05. The molecule has 0 aliphatic heterocycles. The summed E-state index contributed by atoms with van der Waals surface area (Å²) in [5.41, 5.74) is 1.53. The van der Waals surface area contributed by atoms with Crippen LogP contribution in [-0.4, -0.2) is 24.0 Å². The number of hydrogen-bond donors (Lipinski definition) is 1. The number of halogens is 1. The van der Waals surface area contributed by atoms with Crippen molar-refractivity contribution < 1.29 is 24.2 Å². The highest BCUT2D eigenvalue weighted by Crippen LogP contribution is 2.37. The standard InChI is InChI=1S/C17H15BrO5/c1-2-22-15-8-12(9-19)7-14(18)16(15)23-10-11-3-5-13(6-4-11)17(20)21/h3-9H,2,10H2,1H3,(H,20,21). The summed E-state index contributed by atoms with van der Waals surface area (Å²) in [5.74, 6) is 0.00851. The van der Waals surface area contributed by atoms with Crippen molar-refractivity contribution >= 4 is 28.2 Å². The number of aldehydes is 1. The van der Waals surface area contributed by atoms with Crippen molar-refractivity contribution in [3.05, 3.63) is 57.6 Å². The number of carboxylic acids is 1. The lowest BCUT2D eigenvalue weighted by Gasteiger charge is -2.14. The minimum Gasteiger partial charge on any atom is -0.490 e. The first kappa shape index (κ1) is 17.0. The van der Waals surface area contributed by atoms with Gasteiger partial charge in [-0.05, 0) is 52.7 Å². The lowest BCUT2D eigenvalue weighted by atomic mass is 10.1. The molecular formula is C17H15BrO5. The smallest absolute Gasteiger partial charge is 0.335 e. The van der Waals surface area contributed by atoms with Crippen molar-refractivity contribution in [2.45, 2.75) is 13.5 Å². The molecule has 1 N–H and O–H groups in total. The first-order chi connectivity index (χ1) is 11.0. The van der Waals surface area contributed by atoms with Crippen LogP contribution < -0.4 is 9.47 Å². The fraction of sp³-hybridized carbons (Fsp3) is 0.176. The van der Waals surface area contributed by atoms with Crippen LogP contribution >= 0.6 is 15.9 Å². The van der Waals surface area contributed by atoms with Crippen LogP contribution in [0.3, 0.4) is 0 Å². The quantitative estimate of drug-likeness (QED) is 0.738. The SMILES string of the molecule is CCOc1cc(C=O)cc(Br)c1OCc1ccc(C(=O)O)cc1. The summed E-state index contributed by atoms with van der Waals surface area (Å²) in [5, 5.41) is 8.88. The third-order valence-corrected chi connectivity index (χ3v) is 3.64. The Bertz CT molecular complexity index is 710. The van der Waals surface area contributed by atoms with Crippen LogP contribution in [0.1, 0.15) is 33.2 Å². The Morgan fingerprint density at radius 3 is 2.48 bits per heavy atom. The lowest BCUT2D eigenvalue weighted by Crippen LogP contribution is -2.02. The van der Waals surface area contributed by atoms with Crippen molar-refractivity contribution in [3.8, 4) is 11.5 Å². The maximum atomic E-state index is 10.9. The van der Waals surface area contributed by atoms with Crippen molar-refractivity contribution in [1.82, 2.24) is 0 Å². The normalized spacial score (nSPS) is 10.2. The van der Waals surface area contributed by atoms with Crippen molar-refractivity contribution in [1.29, 1.82) is 0 Å². The predicted molar refractivity (Wildman–Crippen MR) is 88.4 cm³/mol. The maximum absolute atomic E-state index is 10.9. The highest BCUT2D eigenvalue weighted by Gasteiger charge is 2.12. The Hall–Kier alpha value is -2.34. The minimum absolute atomic E-state index is 0.222. The van der Waals surface area contributed by atoms with Crippen LogP contribution in [0.4, 0.5) is 0 Å². The van der Waals surface area contributed by atoms with Gasteiger partial charge in [0.1, 0.15) is 12.9 Å². The Kier molecular flexibility index (Phi) is 5.76. The van der Waals surface area contributed by atoms with Crippen LogP contribution in [0.15, 0.2) is 40.9 Å². The van der Waals surface area contributed by atoms with Gasteiger partial charge in [-0.15, -0.1) is 0 Å². The van der Waals surface area contributed by atoms with Gasteiger partial charge in [-0.25, -0.2) is 4.79 Å². The summed E-state index contributed by atoms with van der Waals surface area (Å²) in [7, 11) is 0. The Balaban J connectivity index is 2.18. The first-order valence-corrected chi connectivity index (χ1v) is 7.71. The van der Waals surface area contributed by atoms with E-state index in [4.69, 9.17) is 14.6 Å². The van der Waals surface area contributed by atoms with E-state index in [1.165, 1.54) is 12.1 Å². The fourth-order valence-corrected chi connectivity index (χ4v) is 2.53. The molecule has 0 bridgehead atoms. The topological polar surface area (TPSA) is 72.8 Å². The summed E-state index contributed by atoms with van der Waals surface area (Å²) < 4.78 is 11.9. The number of aromatic carboxylic acids is 1. The molecule has 0 aromatic heterocycles. The largest absolute Gasteiger partial charge is 0.490 e. The van der Waals surface area contributed by atoms with E-state index in [0.29, 0.717) is 28.1 Å². The van der Waals surface area contributed by atoms with Crippen molar-refractivity contribution in [3.63, 3.8) is 0 Å². The number of benzene rings is 2. The average Bonchev–Trinajstić information content (AvgIpc) is 2.54. The number of rotatable bonds is 7. The number of ether oxygens (including phenoxy) is 2. The Morgan fingerprint density at radius 2 is 1.91 bits per heavy atom. The molecule has 0 aliphatic carbocycles. The van der Waals surface area contributed by atoms with Crippen LogP contribution in [0.25, 0.3) is 0 Å². The van der Waals surface area contributed by atoms with Gasteiger partial charge in [0.25, 0.3) is 0 Å². The predicted octanol–water partition coefficient (Wildman–Crippen LogP) is 3.94. The van der Waals surface area contributed by atoms with E-state index in [-0.39, 0.29) is 12.2 Å². The summed E-state index contributed by atoms with van der Waals surface area (Å²) in [6.45, 7) is 2.54. The Labute approximate surface area is 142 Å². The minimum atomic E-state index is -0.969. The van der Waals surface area contributed by atoms with E-state index in [1.54, 1.807) is 24.3 Å². The molecule has 0 radical (unpaired) electrons. The molecule has 0 atom stereocenters. The molecule has 0 fully saturated rings. The molecule has 2 aromatic rings. The second-order valence-electron chi connectivity index (χ2n) is 4.67. The number of carbonyl (C=O) groups excluding carboxylic acids is 1. The maximum Gasteiger partial charge on any atom is 0.335 e. The molecule has 0 amide bonds. The van der Waals surface area contributed by atoms with Gasteiger partial charge in [-0.3, -0.25) is 4.79 Å². The molecular weight excluding hydrogens is 364 g/mol. The van der Waals surface area contributed by atoms with E-state index >= 15 is 0 Å². The third kappa shape index (κ3) is 4.32. The second-order valence-corrected chi connectivity index (χ2v) is 5.53. The first-order valence-electron chi connectivity index (χ1n) is 6.91. The van der Waals surface area contributed by atoms with Gasteiger partial charge >= 0.3 is 5.97 Å². The zero-order valence-corrected chi connectivity index (χ0v) is 14.0. The molecule has 2 rings (SSSR count). The average molecular weight is 379 g/mol. The van der Waals surface area contributed by atoms with Crippen LogP contribution in [0, 0.1) is 0 Å². The second kappa shape index (κ2) is 7.78. The zero-order valence-electron chi connectivity index (χ0n) is 12.4. The van der Waals surface area contributed by atoms with E-state index in [1.807, 2.05) is 6.92 Å². The van der Waals surface area contributed by atoms with Gasteiger partial charge in [-0.2, -0.15) is 0 Å². The number of carbonyl (C=O) groups is 2. The molecule has 0 heterocycles. The molecule has 0 saturated heterocycles. The molecule has 0 aliphatic rings. The fourth-order valence-electron chi connectivity index (χ4n) is 1.96. The van der Waals surface area contributed by atoms with Crippen molar-refractivity contribution in [2.75, 3.05) is 6.61 Å². The monoisotopic (exact) mass is 378 g/mol. The molecule has 23 heavy (non-hydrogen) atoms. The summed E-state index contributed by atoms with van der Waals surface area (Å²) in [6, 6.07) is 9.70. The zero-order chi connectivity index (χ0) is 16.8. The van der Waals surface area contributed by atoms with Gasteiger partial charge in [0.05, 0.1) is 16.6 Å². The molecule has 0 saturated carbocycles. The van der Waals surface area contributed by atoms with Gasteiger partial charge in [0, 0.05) is 5.56 Å². The number of hydrogen-bond acceptors (Lipinski definition) is 4. The van der Waals surface area contributed by atoms with Gasteiger partial charge < -0.3 is 14.6 Å². The summed E-state index contributed by atoms with van der Waals surface area (Å²) >= 11 is 3.37.